The van der Waals surface area contributed by atoms with Crippen molar-refractivity contribution < 1.29 is 28.7 Å². The molecule has 0 aromatic heterocycles. The van der Waals surface area contributed by atoms with Crippen LogP contribution in [0.3, 0.4) is 0 Å². The van der Waals surface area contributed by atoms with Crippen LogP contribution in [0.2, 0.25) is 0 Å². The van der Waals surface area contributed by atoms with Crippen molar-refractivity contribution in [3.63, 3.8) is 0 Å². The normalized spacial score (nSPS) is 11.0. The molecule has 3 N–H and O–H groups in total. The van der Waals surface area contributed by atoms with E-state index in [1.54, 1.807) is 18.2 Å². The summed E-state index contributed by atoms with van der Waals surface area (Å²) in [5.74, 6) is -1.71. The molecule has 36 heavy (non-hydrogen) atoms. The first kappa shape index (κ1) is 26.0. The van der Waals surface area contributed by atoms with E-state index >= 15 is 0 Å². The summed E-state index contributed by atoms with van der Waals surface area (Å²) in [7, 11) is 1.22. The molecule has 3 rings (SSSR count). The van der Waals surface area contributed by atoms with E-state index in [0.29, 0.717) is 0 Å². The van der Waals surface area contributed by atoms with Gasteiger partial charge in [-0.25, -0.2) is 4.79 Å². The molecule has 0 aliphatic rings. The number of ether oxygens (including phenoxy) is 2. The summed E-state index contributed by atoms with van der Waals surface area (Å²) in [6.07, 6.45) is -0.553. The van der Waals surface area contributed by atoms with Crippen LogP contribution in [0.5, 0.6) is 0 Å². The maximum atomic E-state index is 13.2. The Bertz CT molecular complexity index is 1180. The summed E-state index contributed by atoms with van der Waals surface area (Å²) in [5, 5.41) is 7.77. The van der Waals surface area contributed by atoms with Gasteiger partial charge in [-0.3, -0.25) is 14.4 Å². The molecular formula is C27H27N3O6. The first-order valence-electron chi connectivity index (χ1n) is 11.2. The molecule has 0 spiro atoms. The molecule has 0 bridgehead atoms. The van der Waals surface area contributed by atoms with Gasteiger partial charge < -0.3 is 25.4 Å². The smallest absolute Gasteiger partial charge is 0.408 e. The fourth-order valence-corrected chi connectivity index (χ4v) is 3.30. The van der Waals surface area contributed by atoms with Crippen LogP contribution in [-0.2, 0) is 32.1 Å². The predicted molar refractivity (Wildman–Crippen MR) is 133 cm³/mol. The van der Waals surface area contributed by atoms with Crippen LogP contribution in [-0.4, -0.2) is 43.6 Å². The fraction of sp³-hybridized carbons (Fsp3) is 0.185. The Morgan fingerprint density at radius 2 is 1.42 bits per heavy atom. The molecule has 0 fully saturated rings. The molecule has 0 radical (unpaired) electrons. The van der Waals surface area contributed by atoms with Gasteiger partial charge in [-0.15, -0.1) is 0 Å². The highest BCUT2D eigenvalue weighted by Gasteiger charge is 2.24. The van der Waals surface area contributed by atoms with Crippen molar-refractivity contribution in [2.75, 3.05) is 19.0 Å². The van der Waals surface area contributed by atoms with Crippen molar-refractivity contribution in [3.05, 3.63) is 102 Å². The lowest BCUT2D eigenvalue weighted by Gasteiger charge is -2.19. The number of benzene rings is 3. The van der Waals surface area contributed by atoms with E-state index in [9.17, 15) is 19.2 Å². The van der Waals surface area contributed by atoms with Gasteiger partial charge in [0.2, 0.25) is 5.91 Å². The summed E-state index contributed by atoms with van der Waals surface area (Å²) >= 11 is 0. The zero-order valence-electron chi connectivity index (χ0n) is 19.7. The number of esters is 1. The lowest BCUT2D eigenvalue weighted by atomic mass is 10.0. The Labute approximate surface area is 208 Å². The van der Waals surface area contributed by atoms with E-state index in [4.69, 9.17) is 4.74 Å². The monoisotopic (exact) mass is 489 g/mol. The van der Waals surface area contributed by atoms with Gasteiger partial charge in [-0.1, -0.05) is 72.8 Å². The van der Waals surface area contributed by atoms with E-state index < -0.39 is 29.9 Å². The molecule has 3 amide bonds. The first-order valence-corrected chi connectivity index (χ1v) is 11.2. The largest absolute Gasteiger partial charge is 0.468 e. The number of nitrogens with one attached hydrogen (secondary N) is 3. The highest BCUT2D eigenvalue weighted by Crippen LogP contribution is 2.16. The van der Waals surface area contributed by atoms with Gasteiger partial charge in [-0.05, 0) is 23.3 Å². The number of hydrogen-bond donors (Lipinski definition) is 3. The Hall–Kier alpha value is -4.66. The van der Waals surface area contributed by atoms with Crippen molar-refractivity contribution in [1.82, 2.24) is 10.6 Å². The molecular weight excluding hydrogens is 462 g/mol. The number of para-hydroxylation sites is 1. The van der Waals surface area contributed by atoms with Gasteiger partial charge in [0.15, 0.2) is 0 Å². The van der Waals surface area contributed by atoms with E-state index in [1.807, 2.05) is 60.7 Å². The Balaban J connectivity index is 1.71. The third-order valence-electron chi connectivity index (χ3n) is 5.15. The number of anilines is 1. The van der Waals surface area contributed by atoms with Crippen molar-refractivity contribution >= 4 is 29.6 Å². The fourth-order valence-electron chi connectivity index (χ4n) is 3.30. The van der Waals surface area contributed by atoms with Crippen molar-refractivity contribution in [2.24, 2.45) is 0 Å². The molecule has 0 heterocycles. The van der Waals surface area contributed by atoms with Gasteiger partial charge in [0, 0.05) is 6.42 Å². The zero-order valence-corrected chi connectivity index (χ0v) is 19.7. The Morgan fingerprint density at radius 1 is 0.806 bits per heavy atom. The average Bonchev–Trinajstić information content (AvgIpc) is 2.91. The van der Waals surface area contributed by atoms with Gasteiger partial charge in [0.25, 0.3) is 5.91 Å². The molecule has 186 valence electrons. The van der Waals surface area contributed by atoms with Crippen LogP contribution >= 0.6 is 0 Å². The summed E-state index contributed by atoms with van der Waals surface area (Å²) in [4.78, 5) is 49.7. The molecule has 3 aromatic rings. The third kappa shape index (κ3) is 7.98. The summed E-state index contributed by atoms with van der Waals surface area (Å²) in [6.45, 7) is -0.265. The van der Waals surface area contributed by atoms with E-state index in [-0.39, 0.29) is 30.8 Å². The molecule has 3 aromatic carbocycles. The molecule has 0 saturated carbocycles. The van der Waals surface area contributed by atoms with Crippen LogP contribution in [0.25, 0.3) is 0 Å². The quantitative estimate of drug-likeness (QED) is 0.376. The zero-order chi connectivity index (χ0) is 25.8. The van der Waals surface area contributed by atoms with E-state index in [2.05, 4.69) is 20.7 Å². The van der Waals surface area contributed by atoms with Crippen LogP contribution in [0.4, 0.5) is 10.5 Å². The highest BCUT2D eigenvalue weighted by molar-refractivity contribution is 6.05. The molecule has 0 aliphatic carbocycles. The second-order valence-corrected chi connectivity index (χ2v) is 7.74. The van der Waals surface area contributed by atoms with Crippen molar-refractivity contribution in [3.8, 4) is 0 Å². The lowest BCUT2D eigenvalue weighted by Crippen LogP contribution is -2.45. The number of amides is 3. The predicted octanol–water partition coefficient (Wildman–Crippen LogP) is 3.07. The SMILES string of the molecule is COC(=O)CNC(=O)c1ccccc1NC(=O)[C@H](Cc1ccccc1)NC(=O)OCc1ccccc1. The van der Waals surface area contributed by atoms with Crippen LogP contribution < -0.4 is 16.0 Å². The van der Waals surface area contributed by atoms with Crippen LogP contribution in [0.15, 0.2) is 84.9 Å². The number of rotatable bonds is 10. The molecule has 1 atom stereocenters. The maximum absolute atomic E-state index is 13.2. The number of hydrogen-bond acceptors (Lipinski definition) is 6. The first-order chi connectivity index (χ1) is 17.5. The van der Waals surface area contributed by atoms with Gasteiger partial charge >= 0.3 is 12.1 Å². The van der Waals surface area contributed by atoms with Gasteiger partial charge in [0.05, 0.1) is 18.4 Å². The minimum Gasteiger partial charge on any atom is -0.468 e. The Morgan fingerprint density at radius 3 is 2.08 bits per heavy atom. The van der Waals surface area contributed by atoms with Gasteiger partial charge in [-0.2, -0.15) is 0 Å². The third-order valence-corrected chi connectivity index (χ3v) is 5.15. The Kier molecular flexibility index (Phi) is 9.58. The number of carbonyl (C=O) groups is 4. The highest BCUT2D eigenvalue weighted by atomic mass is 16.5. The van der Waals surface area contributed by atoms with E-state index in [0.717, 1.165) is 11.1 Å². The summed E-state index contributed by atoms with van der Waals surface area (Å²) in [6, 6.07) is 23.7. The van der Waals surface area contributed by atoms with Crippen LogP contribution in [0.1, 0.15) is 21.5 Å². The molecule has 9 heteroatoms. The molecule has 0 unspecified atom stereocenters. The number of methoxy groups -OCH3 is 1. The standard InChI is InChI=1S/C27H27N3O6/c1-35-24(31)17-28-25(32)21-14-8-9-15-22(21)29-26(33)23(16-19-10-4-2-5-11-19)30-27(34)36-18-20-12-6-3-7-13-20/h2-15,23H,16-18H2,1H3,(H,28,32)(H,29,33)(H,30,34)/t23-/m0/s1. The van der Waals surface area contributed by atoms with Crippen LogP contribution in [0, 0.1) is 0 Å². The van der Waals surface area contributed by atoms with Gasteiger partial charge in [0.1, 0.15) is 19.2 Å². The minimum absolute atomic E-state index is 0.0511. The average molecular weight is 490 g/mol. The summed E-state index contributed by atoms with van der Waals surface area (Å²) < 4.78 is 9.81. The molecule has 0 aliphatic heterocycles. The maximum Gasteiger partial charge on any atom is 0.408 e. The molecule has 0 saturated heterocycles. The number of carbonyl (C=O) groups excluding carboxylic acids is 4. The topological polar surface area (TPSA) is 123 Å². The second kappa shape index (κ2) is 13.3. The minimum atomic E-state index is -0.984. The second-order valence-electron chi connectivity index (χ2n) is 7.74. The molecule has 9 nitrogen and oxygen atoms in total. The van der Waals surface area contributed by atoms with Crippen molar-refractivity contribution in [1.29, 1.82) is 0 Å². The summed E-state index contributed by atoms with van der Waals surface area (Å²) in [5.41, 5.74) is 2.01. The number of alkyl carbamates (subject to hydrolysis) is 1. The van der Waals surface area contributed by atoms with E-state index in [1.165, 1.54) is 13.2 Å². The van der Waals surface area contributed by atoms with Crippen molar-refractivity contribution in [2.45, 2.75) is 19.1 Å². The lowest BCUT2D eigenvalue weighted by molar-refractivity contribution is -0.139.